The molecule has 1 rings (SSSR count). The van der Waals surface area contributed by atoms with Crippen LogP contribution in [0.4, 0.5) is 11.4 Å². The summed E-state index contributed by atoms with van der Waals surface area (Å²) >= 11 is 0. The number of methoxy groups -OCH3 is 2. The van der Waals surface area contributed by atoms with Crippen molar-refractivity contribution in [3.8, 4) is 11.5 Å². The van der Waals surface area contributed by atoms with Gasteiger partial charge in [-0.05, 0) is 0 Å². The monoisotopic (exact) mass is 335 g/mol. The Morgan fingerprint density at radius 2 is 1.62 bits per heavy atom. The molecule has 0 aliphatic rings. The smallest absolute Gasteiger partial charge is 0.148 e. The molecular formula is C15H25N7O2. The molecule has 0 fully saturated rings. The third kappa shape index (κ3) is 6.11. The second-order valence-electron chi connectivity index (χ2n) is 4.98. The predicted octanol–water partition coefficient (Wildman–Crippen LogP) is 2.93. The molecule has 0 bridgehead atoms. The molecule has 1 aromatic rings. The van der Waals surface area contributed by atoms with Crippen LogP contribution in [0.2, 0.25) is 0 Å². The van der Waals surface area contributed by atoms with Gasteiger partial charge in [0.15, 0.2) is 0 Å². The maximum absolute atomic E-state index is 5.35. The van der Waals surface area contributed by atoms with E-state index in [4.69, 9.17) is 9.47 Å². The second-order valence-corrected chi connectivity index (χ2v) is 4.98. The number of nitrogens with zero attached hydrogens (tertiary/aromatic N) is 6. The van der Waals surface area contributed by atoms with Crippen LogP contribution in [0.25, 0.3) is 0 Å². The third-order valence-electron chi connectivity index (χ3n) is 2.77. The first-order valence-corrected chi connectivity index (χ1v) is 7.28. The van der Waals surface area contributed by atoms with Gasteiger partial charge in [-0.2, -0.15) is 10.2 Å². The molecule has 132 valence electrons. The van der Waals surface area contributed by atoms with E-state index in [1.807, 2.05) is 31.4 Å². The summed E-state index contributed by atoms with van der Waals surface area (Å²) in [6.07, 6.45) is 3.67. The highest BCUT2D eigenvalue weighted by Gasteiger charge is 2.11. The molecular weight excluding hydrogens is 310 g/mol. The zero-order chi connectivity index (χ0) is 17.9. The first kappa shape index (κ1) is 19.2. The van der Waals surface area contributed by atoms with Crippen molar-refractivity contribution >= 4 is 11.4 Å². The van der Waals surface area contributed by atoms with Crippen LogP contribution in [0.15, 0.2) is 45.1 Å². The van der Waals surface area contributed by atoms with Crippen molar-refractivity contribution in [2.45, 2.75) is 0 Å². The highest BCUT2D eigenvalue weighted by molar-refractivity contribution is 5.66. The van der Waals surface area contributed by atoms with E-state index in [0.29, 0.717) is 29.5 Å². The van der Waals surface area contributed by atoms with E-state index in [1.54, 1.807) is 45.5 Å². The largest absolute Gasteiger partial charge is 0.494 e. The zero-order valence-corrected chi connectivity index (χ0v) is 15.0. The van der Waals surface area contributed by atoms with Gasteiger partial charge in [0, 0.05) is 52.7 Å². The van der Waals surface area contributed by atoms with Gasteiger partial charge in [0.2, 0.25) is 0 Å². The molecule has 9 nitrogen and oxygen atoms in total. The van der Waals surface area contributed by atoms with Crippen molar-refractivity contribution in [1.82, 2.24) is 15.2 Å². The van der Waals surface area contributed by atoms with E-state index >= 15 is 0 Å². The Morgan fingerprint density at radius 3 is 2.12 bits per heavy atom. The zero-order valence-electron chi connectivity index (χ0n) is 15.0. The normalized spacial score (nSPS) is 11.4. The first-order valence-electron chi connectivity index (χ1n) is 7.28. The maximum Gasteiger partial charge on any atom is 0.148 e. The lowest BCUT2D eigenvalue weighted by atomic mass is 10.2. The fourth-order valence-corrected chi connectivity index (χ4v) is 1.62. The number of hydrogen-bond acceptors (Lipinski definition) is 8. The predicted molar refractivity (Wildman–Crippen MR) is 93.1 cm³/mol. The molecule has 0 aliphatic heterocycles. The fraction of sp³-hybridized carbons (Fsp3) is 0.467. The molecule has 0 aromatic heterocycles. The lowest BCUT2D eigenvalue weighted by molar-refractivity contribution is 0.394. The summed E-state index contributed by atoms with van der Waals surface area (Å²) in [4.78, 5) is 1.88. The van der Waals surface area contributed by atoms with Crippen molar-refractivity contribution < 1.29 is 9.47 Å². The van der Waals surface area contributed by atoms with E-state index in [9.17, 15) is 0 Å². The van der Waals surface area contributed by atoms with Crippen molar-refractivity contribution in [2.24, 2.45) is 20.6 Å². The average molecular weight is 335 g/mol. The van der Waals surface area contributed by atoms with Crippen LogP contribution in [0.1, 0.15) is 0 Å². The lowest BCUT2D eigenvalue weighted by Crippen LogP contribution is -2.11. The van der Waals surface area contributed by atoms with Crippen LogP contribution >= 0.6 is 0 Å². The SMILES string of the molecule is CN/C=C\N(C)CN=Nc1cc(OC)c(N=NN(C)C)cc1OC. The highest BCUT2D eigenvalue weighted by Crippen LogP contribution is 2.40. The molecule has 24 heavy (non-hydrogen) atoms. The topological polar surface area (TPSA) is 86.4 Å². The summed E-state index contributed by atoms with van der Waals surface area (Å²) in [5.74, 6) is 1.08. The minimum absolute atomic E-state index is 0.408. The average Bonchev–Trinajstić information content (AvgIpc) is 2.57. The van der Waals surface area contributed by atoms with Gasteiger partial charge in [-0.25, -0.2) is 0 Å². The fourth-order valence-electron chi connectivity index (χ4n) is 1.62. The molecule has 0 spiro atoms. The Hall–Kier alpha value is -2.84. The molecule has 9 heteroatoms. The molecule has 0 amide bonds. The molecule has 1 aromatic carbocycles. The number of rotatable bonds is 9. The standard InChI is InChI=1S/C15H25N7O2/c1-16-7-8-22(4)11-17-18-12-9-15(24-6)13(10-14(12)23-5)19-20-21(2)3/h7-10,16H,11H2,1-6H3/b8-7-,18-17?,20-19?. The van der Waals surface area contributed by atoms with Crippen LogP contribution < -0.4 is 14.8 Å². The number of nitrogens with one attached hydrogen (secondary N) is 1. The highest BCUT2D eigenvalue weighted by atomic mass is 16.5. The summed E-state index contributed by atoms with van der Waals surface area (Å²) in [7, 11) is 10.4. The van der Waals surface area contributed by atoms with Crippen molar-refractivity contribution in [3.63, 3.8) is 0 Å². The van der Waals surface area contributed by atoms with Gasteiger partial charge < -0.3 is 19.7 Å². The summed E-state index contributed by atoms with van der Waals surface area (Å²) in [5.41, 5.74) is 1.11. The van der Waals surface area contributed by atoms with Gasteiger partial charge >= 0.3 is 0 Å². The molecule has 1 N–H and O–H groups in total. The van der Waals surface area contributed by atoms with E-state index < -0.39 is 0 Å². The van der Waals surface area contributed by atoms with Gasteiger partial charge in [-0.1, -0.05) is 5.22 Å². The molecule has 0 radical (unpaired) electrons. The Bertz CT molecular complexity index is 600. The van der Waals surface area contributed by atoms with E-state index in [1.165, 1.54) is 0 Å². The maximum atomic E-state index is 5.35. The minimum atomic E-state index is 0.408. The number of hydrogen-bond donors (Lipinski definition) is 1. The number of benzene rings is 1. The van der Waals surface area contributed by atoms with E-state index in [0.717, 1.165) is 0 Å². The molecule has 0 aliphatic carbocycles. The van der Waals surface area contributed by atoms with Crippen LogP contribution in [-0.2, 0) is 0 Å². The number of ether oxygens (including phenoxy) is 2. The summed E-state index contributed by atoms with van der Waals surface area (Å²) in [6.45, 7) is 0.408. The Balaban J connectivity index is 3.00. The summed E-state index contributed by atoms with van der Waals surface area (Å²) < 4.78 is 10.7. The van der Waals surface area contributed by atoms with Crippen LogP contribution in [0, 0.1) is 0 Å². The van der Waals surface area contributed by atoms with Gasteiger partial charge in [0.1, 0.15) is 29.5 Å². The van der Waals surface area contributed by atoms with E-state index in [-0.39, 0.29) is 0 Å². The molecule has 0 heterocycles. The third-order valence-corrected chi connectivity index (χ3v) is 2.77. The van der Waals surface area contributed by atoms with E-state index in [2.05, 4.69) is 25.9 Å². The van der Waals surface area contributed by atoms with Gasteiger partial charge in [-0.15, -0.1) is 5.11 Å². The van der Waals surface area contributed by atoms with Crippen LogP contribution in [0.3, 0.4) is 0 Å². The first-order chi connectivity index (χ1) is 11.5. The molecule has 0 saturated heterocycles. The van der Waals surface area contributed by atoms with Gasteiger partial charge in [0.25, 0.3) is 0 Å². The summed E-state index contributed by atoms with van der Waals surface area (Å²) in [5, 5.41) is 21.0. The Morgan fingerprint density at radius 1 is 1.04 bits per heavy atom. The molecule has 0 saturated carbocycles. The van der Waals surface area contributed by atoms with Crippen LogP contribution in [0.5, 0.6) is 11.5 Å². The van der Waals surface area contributed by atoms with Crippen molar-refractivity contribution in [1.29, 1.82) is 0 Å². The Kier molecular flexibility index (Phi) is 8.03. The second kappa shape index (κ2) is 10.0. The Labute approximate surface area is 142 Å². The molecule has 0 unspecified atom stereocenters. The van der Waals surface area contributed by atoms with Crippen molar-refractivity contribution in [2.75, 3.05) is 49.1 Å². The number of azo groups is 1. The summed E-state index contributed by atoms with van der Waals surface area (Å²) in [6, 6.07) is 3.43. The van der Waals surface area contributed by atoms with Crippen molar-refractivity contribution in [3.05, 3.63) is 24.5 Å². The lowest BCUT2D eigenvalue weighted by Gasteiger charge is -2.11. The van der Waals surface area contributed by atoms with Gasteiger partial charge in [-0.3, -0.25) is 5.01 Å². The van der Waals surface area contributed by atoms with Gasteiger partial charge in [0.05, 0.1) is 14.2 Å². The van der Waals surface area contributed by atoms with Crippen LogP contribution in [-0.4, -0.2) is 59.0 Å². The quantitative estimate of drug-likeness (QED) is 0.554. The minimum Gasteiger partial charge on any atom is -0.494 e. The molecule has 0 atom stereocenters.